The first kappa shape index (κ1) is 24.0. The molecule has 1 aromatic carbocycles. The Labute approximate surface area is 173 Å². The van der Waals surface area contributed by atoms with Crippen LogP contribution < -0.4 is 16.0 Å². The highest BCUT2D eigenvalue weighted by molar-refractivity contribution is 14.0. The van der Waals surface area contributed by atoms with Gasteiger partial charge in [-0.3, -0.25) is 9.79 Å². The van der Waals surface area contributed by atoms with Gasteiger partial charge in [-0.05, 0) is 38.3 Å². The Bertz CT molecular complexity index is 540. The molecule has 0 bridgehead atoms. The van der Waals surface area contributed by atoms with Gasteiger partial charge in [0, 0.05) is 30.6 Å². The summed E-state index contributed by atoms with van der Waals surface area (Å²) in [5, 5.41) is 10.2. The Morgan fingerprint density at radius 1 is 1.24 bits per heavy atom. The van der Waals surface area contributed by atoms with Gasteiger partial charge in [-0.25, -0.2) is 0 Å². The number of hydrogen-bond donors (Lipinski definition) is 3. The summed E-state index contributed by atoms with van der Waals surface area (Å²) in [5.41, 5.74) is 1.11. The van der Waals surface area contributed by atoms with Gasteiger partial charge < -0.3 is 16.0 Å². The molecule has 1 aromatic rings. The highest BCUT2D eigenvalue weighted by Crippen LogP contribution is 2.14. The van der Waals surface area contributed by atoms with Gasteiger partial charge in [0.1, 0.15) is 0 Å². The molecule has 7 heteroatoms. The molecule has 0 spiro atoms. The van der Waals surface area contributed by atoms with E-state index in [0.29, 0.717) is 13.0 Å². The first-order valence-corrected chi connectivity index (χ1v) is 8.99. The number of hydrogen-bond acceptors (Lipinski definition) is 2. The molecular weight excluding hydrogens is 451 g/mol. The molecule has 5 nitrogen and oxygen atoms in total. The molecule has 25 heavy (non-hydrogen) atoms. The van der Waals surface area contributed by atoms with Crippen LogP contribution in [0.15, 0.2) is 29.3 Å². The van der Waals surface area contributed by atoms with E-state index in [0.717, 1.165) is 42.5 Å². The summed E-state index contributed by atoms with van der Waals surface area (Å²) < 4.78 is 0. The third-order valence-corrected chi connectivity index (χ3v) is 3.99. The van der Waals surface area contributed by atoms with Gasteiger partial charge >= 0.3 is 0 Å². The van der Waals surface area contributed by atoms with Crippen LogP contribution in [0.3, 0.4) is 0 Å². The highest BCUT2D eigenvalue weighted by atomic mass is 127. The number of nitrogens with zero attached hydrogens (tertiary/aromatic N) is 1. The Morgan fingerprint density at radius 2 is 1.96 bits per heavy atom. The third-order valence-electron chi connectivity index (χ3n) is 3.62. The monoisotopic (exact) mass is 480 g/mol. The maximum absolute atomic E-state index is 11.8. The van der Waals surface area contributed by atoms with Crippen LogP contribution in [0.1, 0.15) is 39.2 Å². The van der Waals surface area contributed by atoms with Gasteiger partial charge in [0.05, 0.1) is 6.54 Å². The lowest BCUT2D eigenvalue weighted by Crippen LogP contribution is -2.38. The molecule has 142 valence electrons. The molecular formula is C18H30ClIN4O. The second kappa shape index (κ2) is 14.2. The Morgan fingerprint density at radius 3 is 2.60 bits per heavy atom. The SMILES string of the molecule is CCNC(=NCCC(=O)NC(C)CC)NCCc1ccccc1Cl.I. The van der Waals surface area contributed by atoms with Gasteiger partial charge in [-0.15, -0.1) is 24.0 Å². The largest absolute Gasteiger partial charge is 0.357 e. The van der Waals surface area contributed by atoms with Crippen LogP contribution in [-0.4, -0.2) is 37.5 Å². The van der Waals surface area contributed by atoms with Crippen molar-refractivity contribution in [2.75, 3.05) is 19.6 Å². The molecule has 0 aliphatic heterocycles. The van der Waals surface area contributed by atoms with Crippen LogP contribution in [0.25, 0.3) is 0 Å². The van der Waals surface area contributed by atoms with Crippen LogP contribution >= 0.6 is 35.6 Å². The molecule has 1 atom stereocenters. The molecule has 0 saturated heterocycles. The van der Waals surface area contributed by atoms with E-state index >= 15 is 0 Å². The van der Waals surface area contributed by atoms with E-state index in [4.69, 9.17) is 11.6 Å². The predicted molar refractivity (Wildman–Crippen MR) is 117 cm³/mol. The van der Waals surface area contributed by atoms with E-state index in [9.17, 15) is 4.79 Å². The molecule has 0 fully saturated rings. The zero-order valence-electron chi connectivity index (χ0n) is 15.3. The minimum Gasteiger partial charge on any atom is -0.357 e. The lowest BCUT2D eigenvalue weighted by molar-refractivity contribution is -0.121. The van der Waals surface area contributed by atoms with Gasteiger partial charge in [-0.1, -0.05) is 36.7 Å². The van der Waals surface area contributed by atoms with Gasteiger partial charge in [0.15, 0.2) is 5.96 Å². The summed E-state index contributed by atoms with van der Waals surface area (Å²) in [4.78, 5) is 16.2. The predicted octanol–water partition coefficient (Wildman–Crippen LogP) is 3.36. The van der Waals surface area contributed by atoms with Crippen LogP contribution in [-0.2, 0) is 11.2 Å². The van der Waals surface area contributed by atoms with Crippen molar-refractivity contribution in [3.05, 3.63) is 34.9 Å². The van der Waals surface area contributed by atoms with Crippen molar-refractivity contribution >= 4 is 47.4 Å². The first-order valence-electron chi connectivity index (χ1n) is 8.61. The average molecular weight is 481 g/mol. The molecule has 1 rings (SSSR count). The maximum Gasteiger partial charge on any atom is 0.222 e. The van der Waals surface area contributed by atoms with Gasteiger partial charge in [0.25, 0.3) is 0 Å². The topological polar surface area (TPSA) is 65.5 Å². The lowest BCUT2D eigenvalue weighted by Gasteiger charge is -2.13. The Hall–Kier alpha value is -1.02. The minimum absolute atomic E-state index is 0. The number of carbonyl (C=O) groups excluding carboxylic acids is 1. The van der Waals surface area contributed by atoms with Crippen molar-refractivity contribution < 1.29 is 4.79 Å². The van der Waals surface area contributed by atoms with Crippen molar-refractivity contribution in [3.63, 3.8) is 0 Å². The van der Waals surface area contributed by atoms with Crippen molar-refractivity contribution in [1.29, 1.82) is 0 Å². The number of nitrogens with one attached hydrogen (secondary N) is 3. The molecule has 3 N–H and O–H groups in total. The molecule has 0 radical (unpaired) electrons. The van der Waals surface area contributed by atoms with E-state index in [2.05, 4.69) is 27.9 Å². The minimum atomic E-state index is 0. The van der Waals surface area contributed by atoms with Crippen molar-refractivity contribution in [1.82, 2.24) is 16.0 Å². The number of carbonyl (C=O) groups is 1. The van der Waals surface area contributed by atoms with Crippen LogP contribution in [0.5, 0.6) is 0 Å². The third kappa shape index (κ3) is 10.5. The Balaban J connectivity index is 0.00000576. The van der Waals surface area contributed by atoms with Crippen LogP contribution in [0.4, 0.5) is 0 Å². The van der Waals surface area contributed by atoms with Crippen LogP contribution in [0, 0.1) is 0 Å². The molecule has 1 unspecified atom stereocenters. The van der Waals surface area contributed by atoms with Gasteiger partial charge in [-0.2, -0.15) is 0 Å². The van der Waals surface area contributed by atoms with Gasteiger partial charge in [0.2, 0.25) is 5.91 Å². The zero-order valence-corrected chi connectivity index (χ0v) is 18.4. The number of amides is 1. The second-order valence-electron chi connectivity index (χ2n) is 5.66. The lowest BCUT2D eigenvalue weighted by atomic mass is 10.1. The molecule has 0 saturated carbocycles. The van der Waals surface area contributed by atoms with Crippen molar-refractivity contribution in [2.24, 2.45) is 4.99 Å². The number of rotatable bonds is 9. The fourth-order valence-corrected chi connectivity index (χ4v) is 2.31. The van der Waals surface area contributed by atoms with E-state index in [-0.39, 0.29) is 35.9 Å². The summed E-state index contributed by atoms with van der Waals surface area (Å²) >= 11 is 6.15. The Kier molecular flexibility index (Phi) is 13.6. The standard InChI is InChI=1S/C18H29ClN4O.HI/c1-4-14(3)23-17(24)11-13-22-18(20-5-2)21-12-10-15-8-6-7-9-16(15)19;/h6-9,14H,4-5,10-13H2,1-3H3,(H,23,24)(H2,20,21,22);1H. The summed E-state index contributed by atoms with van der Waals surface area (Å²) in [5.74, 6) is 0.765. The summed E-state index contributed by atoms with van der Waals surface area (Å²) in [6.07, 6.45) is 2.14. The number of aliphatic imine (C=N–C) groups is 1. The molecule has 0 aliphatic carbocycles. The molecule has 0 aliphatic rings. The summed E-state index contributed by atoms with van der Waals surface area (Å²) in [7, 11) is 0. The average Bonchev–Trinajstić information content (AvgIpc) is 2.56. The number of halogens is 2. The normalized spacial score (nSPS) is 12.1. The van der Waals surface area contributed by atoms with Crippen LogP contribution in [0.2, 0.25) is 5.02 Å². The smallest absolute Gasteiger partial charge is 0.222 e. The highest BCUT2D eigenvalue weighted by Gasteiger charge is 2.05. The fourth-order valence-electron chi connectivity index (χ4n) is 2.08. The molecule has 0 heterocycles. The van der Waals surface area contributed by atoms with Crippen molar-refractivity contribution in [3.8, 4) is 0 Å². The summed E-state index contributed by atoms with van der Waals surface area (Å²) in [6, 6.07) is 8.04. The number of benzene rings is 1. The molecule has 0 aromatic heterocycles. The quantitative estimate of drug-likeness (QED) is 0.288. The summed E-state index contributed by atoms with van der Waals surface area (Å²) in [6.45, 7) is 8.03. The first-order chi connectivity index (χ1) is 11.6. The second-order valence-corrected chi connectivity index (χ2v) is 6.06. The maximum atomic E-state index is 11.8. The van der Waals surface area contributed by atoms with E-state index in [1.165, 1.54) is 0 Å². The van der Waals surface area contributed by atoms with E-state index in [1.54, 1.807) is 0 Å². The number of guanidine groups is 1. The fraction of sp³-hybridized carbons (Fsp3) is 0.556. The van der Waals surface area contributed by atoms with Crippen molar-refractivity contribution in [2.45, 2.75) is 46.1 Å². The van der Waals surface area contributed by atoms with E-state index < -0.39 is 0 Å². The molecule has 1 amide bonds. The van der Waals surface area contributed by atoms with E-state index in [1.807, 2.05) is 38.1 Å². The zero-order chi connectivity index (χ0) is 17.8.